The van der Waals surface area contributed by atoms with Crippen molar-refractivity contribution in [3.8, 4) is 0 Å². The molecular formula is C22H29ClN4O2S. The quantitative estimate of drug-likeness (QED) is 0.704. The molecule has 162 valence electrons. The van der Waals surface area contributed by atoms with Crippen molar-refractivity contribution >= 4 is 34.8 Å². The maximum atomic E-state index is 13.1. The molecule has 1 fully saturated rings. The molecule has 1 aromatic heterocycles. The second-order valence-electron chi connectivity index (χ2n) is 7.86. The number of nitrogens with zero attached hydrogens (tertiary/aromatic N) is 3. The minimum absolute atomic E-state index is 0.0237. The molecule has 30 heavy (non-hydrogen) atoms. The number of halogens is 1. The summed E-state index contributed by atoms with van der Waals surface area (Å²) in [6.45, 7) is 9.71. The van der Waals surface area contributed by atoms with Gasteiger partial charge in [-0.3, -0.25) is 14.5 Å². The van der Waals surface area contributed by atoms with E-state index in [-0.39, 0.29) is 17.7 Å². The number of rotatable bonds is 7. The monoisotopic (exact) mass is 448 g/mol. The third-order valence-electron chi connectivity index (χ3n) is 5.31. The minimum atomic E-state index is -0.578. The van der Waals surface area contributed by atoms with Gasteiger partial charge in [0.25, 0.3) is 5.91 Å². The molecule has 3 rings (SSSR count). The van der Waals surface area contributed by atoms with Crippen LogP contribution in [0.5, 0.6) is 0 Å². The van der Waals surface area contributed by atoms with Gasteiger partial charge in [-0.2, -0.15) is 0 Å². The second-order valence-corrected chi connectivity index (χ2v) is 9.21. The maximum Gasteiger partial charge on any atom is 0.253 e. The summed E-state index contributed by atoms with van der Waals surface area (Å²) in [6.07, 6.45) is 0.962. The first kappa shape index (κ1) is 22.7. The van der Waals surface area contributed by atoms with Gasteiger partial charge < -0.3 is 10.2 Å². The number of amides is 2. The number of benzene rings is 1. The predicted molar refractivity (Wildman–Crippen MR) is 121 cm³/mol. The van der Waals surface area contributed by atoms with Gasteiger partial charge in [-0.15, -0.1) is 11.3 Å². The van der Waals surface area contributed by atoms with Gasteiger partial charge in [0.1, 0.15) is 6.04 Å². The third-order valence-corrected chi connectivity index (χ3v) is 6.68. The van der Waals surface area contributed by atoms with Crippen LogP contribution >= 0.6 is 22.9 Å². The van der Waals surface area contributed by atoms with E-state index in [1.807, 2.05) is 18.7 Å². The predicted octanol–water partition coefficient (Wildman–Crippen LogP) is 3.46. The zero-order valence-electron chi connectivity index (χ0n) is 17.7. The summed E-state index contributed by atoms with van der Waals surface area (Å²) >= 11 is 7.84. The van der Waals surface area contributed by atoms with Crippen LogP contribution in [0.2, 0.25) is 5.02 Å². The van der Waals surface area contributed by atoms with Gasteiger partial charge in [-0.05, 0) is 24.5 Å². The molecule has 8 heteroatoms. The Bertz CT molecular complexity index is 878. The van der Waals surface area contributed by atoms with Gasteiger partial charge in [0, 0.05) is 38.1 Å². The average Bonchev–Trinajstić information content (AvgIpc) is 3.19. The molecule has 1 saturated heterocycles. The summed E-state index contributed by atoms with van der Waals surface area (Å²) in [4.78, 5) is 34.6. The van der Waals surface area contributed by atoms with Crippen molar-refractivity contribution in [2.24, 2.45) is 5.92 Å². The number of thiazole rings is 1. The molecule has 0 aliphatic carbocycles. The smallest absolute Gasteiger partial charge is 0.253 e. The fraction of sp³-hybridized carbons (Fsp3) is 0.500. The first-order valence-corrected chi connectivity index (χ1v) is 11.6. The Kier molecular flexibility index (Phi) is 7.86. The summed E-state index contributed by atoms with van der Waals surface area (Å²) < 4.78 is 0. The van der Waals surface area contributed by atoms with Crippen molar-refractivity contribution in [1.29, 1.82) is 0 Å². The summed E-state index contributed by atoms with van der Waals surface area (Å²) in [5, 5.41) is 6.56. The molecule has 1 unspecified atom stereocenters. The van der Waals surface area contributed by atoms with E-state index in [4.69, 9.17) is 11.6 Å². The Morgan fingerprint density at radius 3 is 2.50 bits per heavy atom. The standard InChI is InChI=1S/C22H29ClN4O2S/c1-4-19-24-16(14-30-19)13-26-9-11-27(12-10-26)22(29)20(15(2)3)25-21(28)17-7-5-6-8-18(17)23/h5-8,14-15,20H,4,9-13H2,1-3H3,(H,25,28). The Morgan fingerprint density at radius 2 is 1.90 bits per heavy atom. The molecule has 1 aliphatic rings. The highest BCUT2D eigenvalue weighted by atomic mass is 35.5. The maximum absolute atomic E-state index is 13.1. The normalized spacial score (nSPS) is 16.0. The third kappa shape index (κ3) is 5.59. The fourth-order valence-electron chi connectivity index (χ4n) is 3.51. The van der Waals surface area contributed by atoms with Crippen molar-refractivity contribution in [3.63, 3.8) is 0 Å². The number of hydrogen-bond donors (Lipinski definition) is 1. The van der Waals surface area contributed by atoms with Crippen molar-refractivity contribution < 1.29 is 9.59 Å². The van der Waals surface area contributed by atoms with Gasteiger partial charge in [-0.1, -0.05) is 44.5 Å². The summed E-state index contributed by atoms with van der Waals surface area (Å²) in [6, 6.07) is 6.30. The van der Waals surface area contributed by atoms with E-state index in [2.05, 4.69) is 27.5 Å². The van der Waals surface area contributed by atoms with E-state index in [1.165, 1.54) is 0 Å². The molecule has 1 aromatic carbocycles. The lowest BCUT2D eigenvalue weighted by Gasteiger charge is -2.37. The first-order chi connectivity index (χ1) is 14.4. The van der Waals surface area contributed by atoms with Gasteiger partial charge in [0.05, 0.1) is 21.3 Å². The second kappa shape index (κ2) is 10.4. The van der Waals surface area contributed by atoms with Crippen LogP contribution in [0.3, 0.4) is 0 Å². The van der Waals surface area contributed by atoms with E-state index < -0.39 is 6.04 Å². The van der Waals surface area contributed by atoms with E-state index in [1.54, 1.807) is 35.6 Å². The van der Waals surface area contributed by atoms with Crippen molar-refractivity contribution in [2.45, 2.75) is 39.8 Å². The zero-order valence-corrected chi connectivity index (χ0v) is 19.3. The lowest BCUT2D eigenvalue weighted by atomic mass is 10.0. The van der Waals surface area contributed by atoms with Crippen LogP contribution in [0.15, 0.2) is 29.6 Å². The SMILES string of the molecule is CCc1nc(CN2CCN(C(=O)C(NC(=O)c3ccccc3Cl)C(C)C)CC2)cs1. The van der Waals surface area contributed by atoms with E-state index in [0.29, 0.717) is 23.7 Å². The summed E-state index contributed by atoms with van der Waals surface area (Å²) in [5.41, 5.74) is 1.49. The van der Waals surface area contributed by atoms with Crippen molar-refractivity contribution in [3.05, 3.63) is 50.9 Å². The molecule has 2 heterocycles. The lowest BCUT2D eigenvalue weighted by molar-refractivity contribution is -0.136. The van der Waals surface area contributed by atoms with Crippen molar-refractivity contribution in [1.82, 2.24) is 20.1 Å². The topological polar surface area (TPSA) is 65.5 Å². The molecule has 2 aromatic rings. The molecule has 0 spiro atoms. The van der Waals surface area contributed by atoms with E-state index in [0.717, 1.165) is 36.8 Å². The van der Waals surface area contributed by atoms with Crippen LogP contribution < -0.4 is 5.32 Å². The average molecular weight is 449 g/mol. The number of piperazine rings is 1. The molecule has 0 bridgehead atoms. The van der Waals surface area contributed by atoms with Gasteiger partial charge in [-0.25, -0.2) is 4.98 Å². The van der Waals surface area contributed by atoms with Crippen LogP contribution in [-0.4, -0.2) is 58.8 Å². The molecule has 1 aliphatic heterocycles. The van der Waals surface area contributed by atoms with Crippen LogP contribution in [-0.2, 0) is 17.8 Å². The summed E-state index contributed by atoms with van der Waals surface area (Å²) in [5.74, 6) is -0.377. The van der Waals surface area contributed by atoms with E-state index in [9.17, 15) is 9.59 Å². The van der Waals surface area contributed by atoms with Crippen LogP contribution in [0.25, 0.3) is 0 Å². The lowest BCUT2D eigenvalue weighted by Crippen LogP contribution is -2.56. The molecule has 0 radical (unpaired) electrons. The number of carbonyl (C=O) groups is 2. The van der Waals surface area contributed by atoms with E-state index >= 15 is 0 Å². The molecule has 2 amide bonds. The van der Waals surface area contributed by atoms with Crippen LogP contribution in [0, 0.1) is 5.92 Å². The molecule has 6 nitrogen and oxygen atoms in total. The highest BCUT2D eigenvalue weighted by Gasteiger charge is 2.31. The first-order valence-electron chi connectivity index (χ1n) is 10.4. The number of aryl methyl sites for hydroxylation is 1. The largest absolute Gasteiger partial charge is 0.340 e. The molecule has 0 saturated carbocycles. The van der Waals surface area contributed by atoms with Crippen molar-refractivity contribution in [2.75, 3.05) is 26.2 Å². The number of carbonyl (C=O) groups excluding carboxylic acids is 2. The Balaban J connectivity index is 1.57. The Hall–Kier alpha value is -1.96. The molecule has 1 N–H and O–H groups in total. The number of aromatic nitrogens is 1. The van der Waals surface area contributed by atoms with Gasteiger partial charge in [0.15, 0.2) is 0 Å². The highest BCUT2D eigenvalue weighted by molar-refractivity contribution is 7.09. The highest BCUT2D eigenvalue weighted by Crippen LogP contribution is 2.17. The van der Waals surface area contributed by atoms with Crippen LogP contribution in [0.1, 0.15) is 41.8 Å². The van der Waals surface area contributed by atoms with Gasteiger partial charge in [0.2, 0.25) is 5.91 Å². The summed E-state index contributed by atoms with van der Waals surface area (Å²) in [7, 11) is 0. The molecular weight excluding hydrogens is 420 g/mol. The fourth-order valence-corrected chi connectivity index (χ4v) is 4.47. The van der Waals surface area contributed by atoms with Crippen LogP contribution in [0.4, 0.5) is 0 Å². The Labute approximate surface area is 187 Å². The van der Waals surface area contributed by atoms with Gasteiger partial charge >= 0.3 is 0 Å². The molecule has 1 atom stereocenters. The number of hydrogen-bond acceptors (Lipinski definition) is 5. The number of nitrogens with one attached hydrogen (secondary N) is 1. The zero-order chi connectivity index (χ0) is 21.7. The minimum Gasteiger partial charge on any atom is -0.340 e. The Morgan fingerprint density at radius 1 is 1.20 bits per heavy atom.